The van der Waals surface area contributed by atoms with Gasteiger partial charge in [0.15, 0.2) is 5.69 Å². The number of aromatic nitrogens is 2. The lowest BCUT2D eigenvalue weighted by atomic mass is 10.1. The lowest BCUT2D eigenvalue weighted by Gasteiger charge is -2.07. The highest BCUT2D eigenvalue weighted by molar-refractivity contribution is 6.33. The molecule has 6 heteroatoms. The number of hydrogen-bond donors (Lipinski definition) is 2. The molecule has 0 atom stereocenters. The number of carbonyl (C=O) groups is 1. The van der Waals surface area contributed by atoms with Crippen LogP contribution in [0.2, 0.25) is 5.02 Å². The number of rotatable bonds is 2. The van der Waals surface area contributed by atoms with E-state index >= 15 is 0 Å². The highest BCUT2D eigenvalue weighted by atomic mass is 35.5. The molecule has 0 fully saturated rings. The van der Waals surface area contributed by atoms with E-state index in [1.54, 1.807) is 24.3 Å². The molecule has 3 N–H and O–H groups in total. The Balaban J connectivity index is 2.68. The maximum absolute atomic E-state index is 11.1. The zero-order valence-electron chi connectivity index (χ0n) is 8.59. The molecule has 0 aliphatic heterocycles. The van der Waals surface area contributed by atoms with Crippen molar-refractivity contribution < 1.29 is 9.90 Å². The zero-order valence-corrected chi connectivity index (χ0v) is 9.35. The summed E-state index contributed by atoms with van der Waals surface area (Å²) in [6.07, 6.45) is 1.35. The maximum Gasteiger partial charge on any atom is 0.355 e. The summed E-state index contributed by atoms with van der Waals surface area (Å²) >= 11 is 6.00. The van der Waals surface area contributed by atoms with Crippen LogP contribution in [-0.4, -0.2) is 21.0 Å². The average Bonchev–Trinajstić information content (AvgIpc) is 2.30. The van der Waals surface area contributed by atoms with Crippen LogP contribution in [0.15, 0.2) is 30.5 Å². The van der Waals surface area contributed by atoms with E-state index in [0.717, 1.165) is 0 Å². The van der Waals surface area contributed by atoms with Gasteiger partial charge < -0.3 is 10.8 Å². The van der Waals surface area contributed by atoms with E-state index in [9.17, 15) is 4.79 Å². The number of nitrogens with two attached hydrogens (primary N) is 1. The predicted molar refractivity (Wildman–Crippen MR) is 63.8 cm³/mol. The Kier molecular flexibility index (Phi) is 2.93. The van der Waals surface area contributed by atoms with Crippen LogP contribution in [0, 0.1) is 0 Å². The topological polar surface area (TPSA) is 89.1 Å². The number of anilines is 1. The fraction of sp³-hybridized carbons (Fsp3) is 0. The van der Waals surface area contributed by atoms with Crippen LogP contribution >= 0.6 is 11.6 Å². The highest BCUT2D eigenvalue weighted by Gasteiger charge is 2.16. The van der Waals surface area contributed by atoms with Gasteiger partial charge >= 0.3 is 5.97 Å². The molecule has 0 bridgehead atoms. The van der Waals surface area contributed by atoms with Crippen LogP contribution in [-0.2, 0) is 0 Å². The number of carboxylic acids is 1. The van der Waals surface area contributed by atoms with Gasteiger partial charge in [-0.3, -0.25) is 0 Å². The van der Waals surface area contributed by atoms with Crippen molar-refractivity contribution in [2.24, 2.45) is 0 Å². The standard InChI is InChI=1S/C11H8ClN3O2/c12-8-4-2-1-3-6(8)7-5-14-11(13)15-9(7)10(16)17/h1-5H,(H,16,17)(H2,13,14,15). The smallest absolute Gasteiger partial charge is 0.355 e. The molecule has 5 nitrogen and oxygen atoms in total. The number of carboxylic acid groups (broad SMARTS) is 1. The minimum Gasteiger partial charge on any atom is -0.476 e. The Bertz CT molecular complexity index is 587. The van der Waals surface area contributed by atoms with Crippen molar-refractivity contribution >= 4 is 23.5 Å². The zero-order chi connectivity index (χ0) is 12.4. The van der Waals surface area contributed by atoms with Crippen molar-refractivity contribution in [3.05, 3.63) is 41.2 Å². The molecule has 0 unspecified atom stereocenters. The van der Waals surface area contributed by atoms with E-state index in [0.29, 0.717) is 16.1 Å². The van der Waals surface area contributed by atoms with Crippen molar-refractivity contribution in [1.82, 2.24) is 9.97 Å². The summed E-state index contributed by atoms with van der Waals surface area (Å²) in [6, 6.07) is 6.87. The Morgan fingerprint density at radius 3 is 2.65 bits per heavy atom. The third-order valence-corrected chi connectivity index (χ3v) is 2.50. The average molecular weight is 250 g/mol. The summed E-state index contributed by atoms with van der Waals surface area (Å²) in [5, 5.41) is 9.49. The fourth-order valence-electron chi connectivity index (χ4n) is 1.44. The molecule has 0 saturated heterocycles. The minimum absolute atomic E-state index is 0.0850. The molecule has 2 aromatic rings. The first kappa shape index (κ1) is 11.3. The van der Waals surface area contributed by atoms with Gasteiger partial charge in [0.1, 0.15) is 0 Å². The molecule has 0 saturated carbocycles. The first-order valence-corrected chi connectivity index (χ1v) is 5.08. The van der Waals surface area contributed by atoms with Gasteiger partial charge in [-0.2, -0.15) is 0 Å². The summed E-state index contributed by atoms with van der Waals surface area (Å²) in [5.41, 5.74) is 6.11. The minimum atomic E-state index is -1.17. The van der Waals surface area contributed by atoms with Crippen LogP contribution in [0.3, 0.4) is 0 Å². The quantitative estimate of drug-likeness (QED) is 0.851. The van der Waals surface area contributed by atoms with Crippen LogP contribution < -0.4 is 5.73 Å². The molecule has 0 radical (unpaired) electrons. The number of nitrogen functional groups attached to an aromatic ring is 1. The van der Waals surface area contributed by atoms with Gasteiger partial charge in [-0.15, -0.1) is 0 Å². The van der Waals surface area contributed by atoms with Gasteiger partial charge in [0.25, 0.3) is 0 Å². The van der Waals surface area contributed by atoms with E-state index in [1.165, 1.54) is 6.20 Å². The molecule has 0 amide bonds. The van der Waals surface area contributed by atoms with Crippen molar-refractivity contribution in [1.29, 1.82) is 0 Å². The summed E-state index contributed by atoms with van der Waals surface area (Å²) in [5.74, 6) is -1.26. The summed E-state index contributed by atoms with van der Waals surface area (Å²) in [6.45, 7) is 0. The van der Waals surface area contributed by atoms with E-state index in [-0.39, 0.29) is 11.6 Å². The lowest BCUT2D eigenvalue weighted by molar-refractivity contribution is 0.0691. The fourth-order valence-corrected chi connectivity index (χ4v) is 1.67. The van der Waals surface area contributed by atoms with E-state index in [2.05, 4.69) is 9.97 Å². The van der Waals surface area contributed by atoms with Crippen LogP contribution in [0.4, 0.5) is 5.95 Å². The van der Waals surface area contributed by atoms with E-state index in [1.807, 2.05) is 0 Å². The van der Waals surface area contributed by atoms with Crippen molar-refractivity contribution in [2.45, 2.75) is 0 Å². The Morgan fingerprint density at radius 1 is 1.29 bits per heavy atom. The van der Waals surface area contributed by atoms with Crippen molar-refractivity contribution in [3.8, 4) is 11.1 Å². The number of hydrogen-bond acceptors (Lipinski definition) is 4. The number of benzene rings is 1. The second kappa shape index (κ2) is 4.39. The first-order valence-electron chi connectivity index (χ1n) is 4.70. The van der Waals surface area contributed by atoms with Crippen molar-refractivity contribution in [3.63, 3.8) is 0 Å². The second-order valence-electron chi connectivity index (χ2n) is 3.28. The molecule has 0 aliphatic rings. The van der Waals surface area contributed by atoms with Gasteiger partial charge in [-0.1, -0.05) is 29.8 Å². The molecule has 2 rings (SSSR count). The van der Waals surface area contributed by atoms with Crippen LogP contribution in [0.1, 0.15) is 10.5 Å². The number of aromatic carboxylic acids is 1. The summed E-state index contributed by atoms with van der Waals surface area (Å²) < 4.78 is 0. The van der Waals surface area contributed by atoms with Gasteiger partial charge in [0.2, 0.25) is 5.95 Å². The maximum atomic E-state index is 11.1. The van der Waals surface area contributed by atoms with Crippen LogP contribution in [0.5, 0.6) is 0 Å². The van der Waals surface area contributed by atoms with Gasteiger partial charge in [-0.25, -0.2) is 14.8 Å². The lowest BCUT2D eigenvalue weighted by Crippen LogP contribution is -2.07. The third kappa shape index (κ3) is 2.19. The molecular weight excluding hydrogens is 242 g/mol. The van der Waals surface area contributed by atoms with Gasteiger partial charge in [0, 0.05) is 22.3 Å². The normalized spacial score (nSPS) is 10.2. The van der Waals surface area contributed by atoms with Crippen molar-refractivity contribution in [2.75, 3.05) is 5.73 Å². The molecule has 0 spiro atoms. The molecule has 0 aliphatic carbocycles. The summed E-state index contributed by atoms with van der Waals surface area (Å²) in [7, 11) is 0. The molecule has 86 valence electrons. The molecule has 1 aromatic carbocycles. The van der Waals surface area contributed by atoms with E-state index in [4.69, 9.17) is 22.4 Å². The largest absolute Gasteiger partial charge is 0.476 e. The number of halogens is 1. The molecule has 1 aromatic heterocycles. The van der Waals surface area contributed by atoms with E-state index < -0.39 is 5.97 Å². The highest BCUT2D eigenvalue weighted by Crippen LogP contribution is 2.29. The van der Waals surface area contributed by atoms with Gasteiger partial charge in [0.05, 0.1) is 0 Å². The molecule has 1 heterocycles. The van der Waals surface area contributed by atoms with Gasteiger partial charge in [-0.05, 0) is 6.07 Å². The molecular formula is C11H8ClN3O2. The summed E-state index contributed by atoms with van der Waals surface area (Å²) in [4.78, 5) is 18.6. The second-order valence-corrected chi connectivity index (χ2v) is 3.68. The SMILES string of the molecule is Nc1ncc(-c2ccccc2Cl)c(C(=O)O)n1. The first-order chi connectivity index (χ1) is 8.09. The predicted octanol–water partition coefficient (Wildman–Crippen LogP) is 2.08. The monoisotopic (exact) mass is 249 g/mol. The Morgan fingerprint density at radius 2 is 2.00 bits per heavy atom. The Hall–Kier alpha value is -2.14. The number of nitrogens with zero attached hydrogens (tertiary/aromatic N) is 2. The third-order valence-electron chi connectivity index (χ3n) is 2.17. The Labute approximate surface area is 102 Å². The van der Waals surface area contributed by atoms with Crippen LogP contribution in [0.25, 0.3) is 11.1 Å². The molecule has 17 heavy (non-hydrogen) atoms.